The van der Waals surface area contributed by atoms with E-state index in [1.165, 1.54) is 11.3 Å². The highest BCUT2D eigenvalue weighted by atomic mass is 35.5. The van der Waals surface area contributed by atoms with Crippen molar-refractivity contribution in [2.24, 2.45) is 0 Å². The number of fused-ring (bicyclic) bond motifs is 3. The lowest BCUT2D eigenvalue weighted by atomic mass is 10.3. The molecule has 0 spiro atoms. The van der Waals surface area contributed by atoms with E-state index in [4.69, 9.17) is 37.4 Å². The Morgan fingerprint density at radius 2 is 2.11 bits per heavy atom. The minimum Gasteiger partial charge on any atom is -0.491 e. The van der Waals surface area contributed by atoms with Crippen LogP contribution in [-0.2, 0) is 9.47 Å². The zero-order chi connectivity index (χ0) is 19.7. The summed E-state index contributed by atoms with van der Waals surface area (Å²) in [5.74, 6) is 0.0621. The van der Waals surface area contributed by atoms with E-state index in [-0.39, 0.29) is 5.69 Å². The maximum Gasteiger partial charge on any atom is 0.358 e. The Kier molecular flexibility index (Phi) is 5.93. The van der Waals surface area contributed by atoms with Gasteiger partial charge in [0.25, 0.3) is 0 Å². The molecule has 4 rings (SSSR count). The van der Waals surface area contributed by atoms with Crippen molar-refractivity contribution in [2.45, 2.75) is 6.92 Å². The summed E-state index contributed by atoms with van der Waals surface area (Å²) in [5, 5.41) is 0.806. The third-order valence-electron chi connectivity index (χ3n) is 4.49. The van der Waals surface area contributed by atoms with E-state index in [2.05, 4.69) is 9.88 Å². The molecule has 0 bridgehead atoms. The van der Waals surface area contributed by atoms with Crippen LogP contribution >= 0.6 is 34.5 Å². The molecule has 10 heteroatoms. The Bertz CT molecular complexity index is 1010. The zero-order valence-electron chi connectivity index (χ0n) is 15.2. The molecule has 1 aliphatic heterocycles. The SMILES string of the molecule is CCOC(=O)c1cn2c(n1)sc1c(Cl)c(Cl)c(OCCN3CCOCC3)cc12. The monoisotopic (exact) mass is 443 g/mol. The van der Waals surface area contributed by atoms with Crippen molar-refractivity contribution in [3.05, 3.63) is 28.0 Å². The summed E-state index contributed by atoms with van der Waals surface area (Å²) in [6.45, 7) is 6.62. The molecule has 0 atom stereocenters. The van der Waals surface area contributed by atoms with Crippen molar-refractivity contribution in [3.8, 4) is 5.75 Å². The molecule has 3 aromatic rings. The highest BCUT2D eigenvalue weighted by Crippen LogP contribution is 2.42. The number of imidazole rings is 1. The van der Waals surface area contributed by atoms with Gasteiger partial charge in [-0.2, -0.15) is 0 Å². The number of morpholine rings is 1. The molecule has 0 amide bonds. The molecule has 0 N–H and O–H groups in total. The molecule has 0 saturated carbocycles. The Morgan fingerprint density at radius 1 is 1.32 bits per heavy atom. The number of hydrogen-bond donors (Lipinski definition) is 0. The van der Waals surface area contributed by atoms with Gasteiger partial charge in [-0.25, -0.2) is 9.78 Å². The first-order valence-electron chi connectivity index (χ1n) is 8.98. The number of benzene rings is 1. The molecule has 1 fully saturated rings. The Hall–Kier alpha value is -1.58. The molecular formula is C18H19Cl2N3O4S. The lowest BCUT2D eigenvalue weighted by molar-refractivity contribution is 0.0322. The smallest absolute Gasteiger partial charge is 0.358 e. The second kappa shape index (κ2) is 8.42. The van der Waals surface area contributed by atoms with E-state index >= 15 is 0 Å². The number of carbonyl (C=O) groups excluding carboxylic acids is 1. The largest absolute Gasteiger partial charge is 0.491 e. The fraction of sp³-hybridized carbons (Fsp3) is 0.444. The van der Waals surface area contributed by atoms with Gasteiger partial charge in [-0.15, -0.1) is 0 Å². The molecule has 28 heavy (non-hydrogen) atoms. The maximum absolute atomic E-state index is 11.9. The predicted octanol–water partition coefficient (Wildman–Crippen LogP) is 3.74. The molecule has 2 aromatic heterocycles. The fourth-order valence-corrected chi connectivity index (χ4v) is 4.66. The quantitative estimate of drug-likeness (QED) is 0.540. The van der Waals surface area contributed by atoms with E-state index in [0.29, 0.717) is 34.0 Å². The van der Waals surface area contributed by atoms with E-state index in [1.54, 1.807) is 13.1 Å². The van der Waals surface area contributed by atoms with Crippen molar-refractivity contribution >= 4 is 55.7 Å². The Labute approximate surface area is 175 Å². The van der Waals surface area contributed by atoms with Crippen molar-refractivity contribution in [2.75, 3.05) is 46.1 Å². The summed E-state index contributed by atoms with van der Waals surface area (Å²) in [7, 11) is 0. The van der Waals surface area contributed by atoms with Gasteiger partial charge in [0, 0.05) is 31.9 Å². The summed E-state index contributed by atoms with van der Waals surface area (Å²) < 4.78 is 18.9. The van der Waals surface area contributed by atoms with Gasteiger partial charge in [0.1, 0.15) is 17.4 Å². The second-order valence-electron chi connectivity index (χ2n) is 6.25. The average Bonchev–Trinajstić information content (AvgIpc) is 3.26. The minimum absolute atomic E-state index is 0.260. The lowest BCUT2D eigenvalue weighted by Gasteiger charge is -2.26. The molecule has 0 aliphatic carbocycles. The summed E-state index contributed by atoms with van der Waals surface area (Å²) >= 11 is 14.3. The number of aromatic nitrogens is 2. The van der Waals surface area contributed by atoms with Gasteiger partial charge < -0.3 is 14.2 Å². The van der Waals surface area contributed by atoms with Crippen LogP contribution in [-0.4, -0.2) is 66.3 Å². The van der Waals surface area contributed by atoms with Crippen molar-refractivity contribution in [1.82, 2.24) is 14.3 Å². The predicted molar refractivity (Wildman–Crippen MR) is 109 cm³/mol. The highest BCUT2D eigenvalue weighted by molar-refractivity contribution is 7.24. The third kappa shape index (κ3) is 3.79. The van der Waals surface area contributed by atoms with Crippen LogP contribution < -0.4 is 4.74 Å². The molecular weight excluding hydrogens is 425 g/mol. The standard InChI is InChI=1S/C18H19Cl2N3O4S/c1-2-26-17(24)11-10-23-12-9-13(27-8-5-22-3-6-25-7-4-22)14(19)15(20)16(12)28-18(23)21-11/h9-10H,2-8H2,1H3. The first-order valence-corrected chi connectivity index (χ1v) is 10.6. The minimum atomic E-state index is -0.450. The van der Waals surface area contributed by atoms with Gasteiger partial charge >= 0.3 is 5.97 Å². The van der Waals surface area contributed by atoms with Crippen molar-refractivity contribution < 1.29 is 19.0 Å². The van der Waals surface area contributed by atoms with Crippen LogP contribution in [0.4, 0.5) is 0 Å². The molecule has 1 saturated heterocycles. The van der Waals surface area contributed by atoms with Crippen LogP contribution in [0.5, 0.6) is 5.75 Å². The summed E-state index contributed by atoms with van der Waals surface area (Å²) in [4.78, 5) is 19.2. The number of thiazole rings is 1. The van der Waals surface area contributed by atoms with Crippen LogP contribution in [0.2, 0.25) is 10.0 Å². The topological polar surface area (TPSA) is 65.3 Å². The molecule has 3 heterocycles. The number of carbonyl (C=O) groups is 1. The number of hydrogen-bond acceptors (Lipinski definition) is 7. The van der Waals surface area contributed by atoms with Crippen LogP contribution in [0.1, 0.15) is 17.4 Å². The molecule has 0 radical (unpaired) electrons. The summed E-state index contributed by atoms with van der Waals surface area (Å²) in [6.07, 6.45) is 1.65. The maximum atomic E-state index is 11.9. The normalized spacial score (nSPS) is 15.4. The van der Waals surface area contributed by atoms with Crippen molar-refractivity contribution in [1.29, 1.82) is 0 Å². The molecule has 150 valence electrons. The van der Waals surface area contributed by atoms with Crippen LogP contribution in [0.3, 0.4) is 0 Å². The molecule has 1 aliphatic rings. The number of halogens is 2. The Balaban J connectivity index is 1.60. The van der Waals surface area contributed by atoms with Gasteiger partial charge in [0.15, 0.2) is 10.7 Å². The first-order chi connectivity index (χ1) is 13.6. The van der Waals surface area contributed by atoms with Gasteiger partial charge in [-0.3, -0.25) is 9.30 Å². The van der Waals surface area contributed by atoms with E-state index < -0.39 is 5.97 Å². The highest BCUT2D eigenvalue weighted by Gasteiger charge is 2.20. The number of esters is 1. The van der Waals surface area contributed by atoms with E-state index in [1.807, 2.05) is 10.5 Å². The van der Waals surface area contributed by atoms with Gasteiger partial charge in [0.05, 0.1) is 35.1 Å². The molecule has 7 nitrogen and oxygen atoms in total. The first kappa shape index (κ1) is 19.7. The van der Waals surface area contributed by atoms with Crippen LogP contribution in [0.25, 0.3) is 15.2 Å². The summed E-state index contributed by atoms with van der Waals surface area (Å²) in [5.41, 5.74) is 1.05. The van der Waals surface area contributed by atoms with Gasteiger partial charge in [-0.05, 0) is 6.92 Å². The average molecular weight is 444 g/mol. The number of nitrogens with zero attached hydrogens (tertiary/aromatic N) is 3. The van der Waals surface area contributed by atoms with E-state index in [9.17, 15) is 4.79 Å². The second-order valence-corrected chi connectivity index (χ2v) is 7.99. The molecule has 1 aromatic carbocycles. The van der Waals surface area contributed by atoms with Gasteiger partial charge in [-0.1, -0.05) is 34.5 Å². The number of ether oxygens (including phenoxy) is 3. The summed E-state index contributed by atoms with van der Waals surface area (Å²) in [6, 6.07) is 1.84. The van der Waals surface area contributed by atoms with Crippen LogP contribution in [0, 0.1) is 0 Å². The molecule has 0 unspecified atom stereocenters. The van der Waals surface area contributed by atoms with Gasteiger partial charge in [0.2, 0.25) is 0 Å². The number of rotatable bonds is 6. The van der Waals surface area contributed by atoms with Crippen molar-refractivity contribution in [3.63, 3.8) is 0 Å². The van der Waals surface area contributed by atoms with E-state index in [0.717, 1.165) is 43.1 Å². The Morgan fingerprint density at radius 3 is 2.86 bits per heavy atom. The fourth-order valence-electron chi connectivity index (χ4n) is 3.07. The third-order valence-corrected chi connectivity index (χ3v) is 6.54. The lowest BCUT2D eigenvalue weighted by Crippen LogP contribution is -2.38. The van der Waals surface area contributed by atoms with Crippen LogP contribution in [0.15, 0.2) is 12.3 Å². The zero-order valence-corrected chi connectivity index (χ0v) is 17.6.